The van der Waals surface area contributed by atoms with Crippen molar-refractivity contribution < 1.29 is 18.8 Å². The van der Waals surface area contributed by atoms with E-state index < -0.39 is 11.9 Å². The molecule has 2 aromatic rings. The van der Waals surface area contributed by atoms with Gasteiger partial charge in [-0.2, -0.15) is 0 Å². The molecule has 1 aromatic carbocycles. The predicted molar refractivity (Wildman–Crippen MR) is 108 cm³/mol. The predicted octanol–water partition coefficient (Wildman–Crippen LogP) is 0.468. The highest BCUT2D eigenvalue weighted by Crippen LogP contribution is 2.18. The van der Waals surface area contributed by atoms with E-state index in [0.29, 0.717) is 37.6 Å². The molecule has 4 amide bonds. The summed E-state index contributed by atoms with van der Waals surface area (Å²) in [6.45, 7) is 1.97. The summed E-state index contributed by atoms with van der Waals surface area (Å²) in [5.74, 6) is -0.589. The minimum Gasteiger partial charge on any atom is -0.365 e. The van der Waals surface area contributed by atoms with Gasteiger partial charge in [0, 0.05) is 38.9 Å². The van der Waals surface area contributed by atoms with Crippen molar-refractivity contribution >= 4 is 23.7 Å². The number of hydrogen-bond acceptors (Lipinski definition) is 5. The number of anilines is 1. The first-order valence-corrected chi connectivity index (χ1v) is 9.47. The van der Waals surface area contributed by atoms with E-state index in [2.05, 4.69) is 15.6 Å². The molecule has 0 atom stereocenters. The van der Waals surface area contributed by atoms with Gasteiger partial charge in [-0.1, -0.05) is 12.1 Å². The highest BCUT2D eigenvalue weighted by Gasteiger charge is 2.24. The lowest BCUT2D eigenvalue weighted by Crippen LogP contribution is -2.52. The Bertz CT molecular complexity index is 913. The number of piperazine rings is 1. The van der Waals surface area contributed by atoms with Gasteiger partial charge >= 0.3 is 6.03 Å². The minimum absolute atomic E-state index is 0.134. The zero-order valence-electron chi connectivity index (χ0n) is 16.3. The molecule has 4 N–H and O–H groups in total. The minimum atomic E-state index is -0.549. The quantitative estimate of drug-likeness (QED) is 0.635. The molecule has 10 heteroatoms. The number of nitrogens with zero attached hydrogens (tertiary/aromatic N) is 3. The smallest absolute Gasteiger partial charge is 0.315 e. The fourth-order valence-corrected chi connectivity index (χ4v) is 3.12. The Balaban J connectivity index is 1.42. The Morgan fingerprint density at radius 3 is 2.40 bits per heavy atom. The number of urea groups is 1. The Kier molecular flexibility index (Phi) is 6.79. The van der Waals surface area contributed by atoms with E-state index in [-0.39, 0.29) is 24.8 Å². The first kappa shape index (κ1) is 21.0. The van der Waals surface area contributed by atoms with Gasteiger partial charge in [0.05, 0.1) is 12.1 Å². The number of nitrogens with two attached hydrogens (primary N) is 1. The number of amides is 4. The third-order valence-electron chi connectivity index (χ3n) is 4.75. The number of rotatable bonds is 6. The summed E-state index contributed by atoms with van der Waals surface area (Å²) in [6, 6.07) is 8.57. The summed E-state index contributed by atoms with van der Waals surface area (Å²) >= 11 is 0. The molecule has 0 radical (unpaired) electrons. The van der Waals surface area contributed by atoms with Crippen LogP contribution in [0.4, 0.5) is 15.0 Å². The van der Waals surface area contributed by atoms with Crippen LogP contribution >= 0.6 is 0 Å². The number of nitrogens with one attached hydrogen (secondary N) is 2. The van der Waals surface area contributed by atoms with Crippen LogP contribution in [0.15, 0.2) is 42.6 Å². The number of benzene rings is 1. The Hall–Kier alpha value is -3.69. The normalized spacial score (nSPS) is 13.6. The lowest BCUT2D eigenvalue weighted by atomic mass is 10.2. The lowest BCUT2D eigenvalue weighted by molar-refractivity contribution is -0.130. The van der Waals surface area contributed by atoms with E-state index in [4.69, 9.17) is 5.73 Å². The standard InChI is InChI=1S/C20H23FN6O3/c21-15-5-3-14(4-6-15)12-24-20(30)25-13-17(28)26-8-10-27(11-9-26)19-16(18(22)29)2-1-7-23-19/h1-7H,8-13H2,(H2,22,29)(H2,24,25,30). The van der Waals surface area contributed by atoms with Crippen LogP contribution < -0.4 is 21.3 Å². The molecule has 158 valence electrons. The van der Waals surface area contributed by atoms with Crippen LogP contribution in [0.25, 0.3) is 0 Å². The molecule has 0 bridgehead atoms. The number of primary amides is 1. The van der Waals surface area contributed by atoms with Gasteiger partial charge in [0.1, 0.15) is 11.6 Å². The Labute approximate surface area is 173 Å². The number of pyridine rings is 1. The number of carbonyl (C=O) groups excluding carboxylic acids is 3. The van der Waals surface area contributed by atoms with E-state index in [1.165, 1.54) is 12.1 Å². The van der Waals surface area contributed by atoms with Crippen molar-refractivity contribution in [2.75, 3.05) is 37.6 Å². The first-order valence-electron chi connectivity index (χ1n) is 9.47. The molecule has 0 saturated carbocycles. The average molecular weight is 414 g/mol. The fourth-order valence-electron chi connectivity index (χ4n) is 3.12. The van der Waals surface area contributed by atoms with Gasteiger partial charge in [-0.05, 0) is 29.8 Å². The van der Waals surface area contributed by atoms with Crippen LogP contribution in [-0.4, -0.2) is 60.5 Å². The third kappa shape index (κ3) is 5.43. The van der Waals surface area contributed by atoms with E-state index >= 15 is 0 Å². The van der Waals surface area contributed by atoms with Gasteiger partial charge in [0.2, 0.25) is 5.91 Å². The van der Waals surface area contributed by atoms with Gasteiger partial charge in [-0.25, -0.2) is 14.2 Å². The highest BCUT2D eigenvalue weighted by atomic mass is 19.1. The molecule has 1 saturated heterocycles. The highest BCUT2D eigenvalue weighted by molar-refractivity contribution is 5.97. The van der Waals surface area contributed by atoms with Crippen LogP contribution in [0.3, 0.4) is 0 Å². The number of carbonyl (C=O) groups is 3. The molecule has 0 unspecified atom stereocenters. The zero-order chi connectivity index (χ0) is 21.5. The van der Waals surface area contributed by atoms with Crippen molar-refractivity contribution in [1.29, 1.82) is 0 Å². The van der Waals surface area contributed by atoms with E-state index in [1.54, 1.807) is 35.4 Å². The van der Waals surface area contributed by atoms with Crippen LogP contribution in [0, 0.1) is 5.82 Å². The third-order valence-corrected chi connectivity index (χ3v) is 4.75. The van der Waals surface area contributed by atoms with Gasteiger partial charge in [-0.3, -0.25) is 9.59 Å². The molecule has 2 heterocycles. The summed E-state index contributed by atoms with van der Waals surface area (Å²) in [7, 11) is 0. The van der Waals surface area contributed by atoms with Gasteiger partial charge in [0.25, 0.3) is 5.91 Å². The summed E-state index contributed by atoms with van der Waals surface area (Å²) in [6.07, 6.45) is 1.59. The first-order chi connectivity index (χ1) is 14.4. The molecule has 30 heavy (non-hydrogen) atoms. The molecule has 0 aliphatic carbocycles. The Morgan fingerprint density at radius 1 is 1.03 bits per heavy atom. The van der Waals surface area contributed by atoms with Crippen LogP contribution in [0.5, 0.6) is 0 Å². The maximum absolute atomic E-state index is 12.9. The second kappa shape index (κ2) is 9.68. The molecule has 0 spiro atoms. The van der Waals surface area contributed by atoms with Crippen LogP contribution in [-0.2, 0) is 11.3 Å². The van der Waals surface area contributed by atoms with E-state index in [9.17, 15) is 18.8 Å². The average Bonchev–Trinajstić information content (AvgIpc) is 2.77. The van der Waals surface area contributed by atoms with Crippen molar-refractivity contribution in [3.8, 4) is 0 Å². The molecule has 1 aliphatic heterocycles. The molecular formula is C20H23FN6O3. The summed E-state index contributed by atoms with van der Waals surface area (Å²) in [4.78, 5) is 43.6. The van der Waals surface area contributed by atoms with E-state index in [1.807, 2.05) is 4.90 Å². The van der Waals surface area contributed by atoms with Gasteiger partial charge < -0.3 is 26.2 Å². The molecule has 1 aliphatic rings. The zero-order valence-corrected chi connectivity index (χ0v) is 16.3. The van der Waals surface area contributed by atoms with Gasteiger partial charge in [-0.15, -0.1) is 0 Å². The number of hydrogen-bond donors (Lipinski definition) is 3. The summed E-state index contributed by atoms with van der Waals surface area (Å²) in [5.41, 5.74) is 6.49. The number of aromatic nitrogens is 1. The van der Waals surface area contributed by atoms with Crippen molar-refractivity contribution in [3.05, 3.63) is 59.5 Å². The molecule has 1 aromatic heterocycles. The molecular weight excluding hydrogens is 391 g/mol. The SMILES string of the molecule is NC(=O)c1cccnc1N1CCN(C(=O)CNC(=O)NCc2ccc(F)cc2)CC1. The van der Waals surface area contributed by atoms with Crippen molar-refractivity contribution in [1.82, 2.24) is 20.5 Å². The van der Waals surface area contributed by atoms with Crippen LogP contribution in [0.1, 0.15) is 15.9 Å². The fraction of sp³-hybridized carbons (Fsp3) is 0.300. The second-order valence-corrected chi connectivity index (χ2v) is 6.77. The molecule has 9 nitrogen and oxygen atoms in total. The Morgan fingerprint density at radius 2 is 1.73 bits per heavy atom. The van der Waals surface area contributed by atoms with Gasteiger partial charge in [0.15, 0.2) is 0 Å². The number of halogens is 1. The molecule has 3 rings (SSSR count). The van der Waals surface area contributed by atoms with Crippen LogP contribution in [0.2, 0.25) is 0 Å². The summed E-state index contributed by atoms with van der Waals surface area (Å²) < 4.78 is 12.9. The van der Waals surface area contributed by atoms with Crippen molar-refractivity contribution in [2.24, 2.45) is 5.73 Å². The van der Waals surface area contributed by atoms with Crippen molar-refractivity contribution in [3.63, 3.8) is 0 Å². The van der Waals surface area contributed by atoms with E-state index in [0.717, 1.165) is 5.56 Å². The largest absolute Gasteiger partial charge is 0.365 e. The maximum Gasteiger partial charge on any atom is 0.315 e. The topological polar surface area (TPSA) is 121 Å². The summed E-state index contributed by atoms with van der Waals surface area (Å²) in [5, 5.41) is 5.14. The lowest BCUT2D eigenvalue weighted by Gasteiger charge is -2.36. The van der Waals surface area contributed by atoms with Crippen molar-refractivity contribution in [2.45, 2.75) is 6.54 Å². The maximum atomic E-state index is 12.9. The monoisotopic (exact) mass is 414 g/mol. The molecule has 1 fully saturated rings. The second-order valence-electron chi connectivity index (χ2n) is 6.77.